The predicted molar refractivity (Wildman–Crippen MR) is 352 cm³/mol. The van der Waals surface area contributed by atoms with Crippen molar-refractivity contribution in [2.75, 3.05) is 13.2 Å². The fourth-order valence-electron chi connectivity index (χ4n) is 8.40. The number of rotatable bonds is 57. The van der Waals surface area contributed by atoms with Crippen molar-refractivity contribution < 1.29 is 28.6 Å². The van der Waals surface area contributed by atoms with Crippen molar-refractivity contribution >= 4 is 17.9 Å². The summed E-state index contributed by atoms with van der Waals surface area (Å²) in [4.78, 5) is 38.1. The summed E-state index contributed by atoms with van der Waals surface area (Å²) in [5.41, 5.74) is 0. The van der Waals surface area contributed by atoms with Crippen LogP contribution in [0.2, 0.25) is 0 Å². The average Bonchev–Trinajstić information content (AvgIpc) is 3.46. The van der Waals surface area contributed by atoms with Crippen molar-refractivity contribution in [2.45, 2.75) is 271 Å². The number of carbonyl (C=O) groups excluding carboxylic acids is 3. The number of unbranched alkanes of at least 4 members (excludes halogenated alkanes) is 18. The minimum atomic E-state index is -0.799. The Morgan fingerprint density at radius 1 is 0.259 bits per heavy atom. The summed E-state index contributed by atoms with van der Waals surface area (Å²) in [5.74, 6) is -0.937. The van der Waals surface area contributed by atoms with Crippen molar-refractivity contribution in [3.63, 3.8) is 0 Å². The van der Waals surface area contributed by atoms with Crippen molar-refractivity contribution in [1.82, 2.24) is 0 Å². The molecule has 0 aromatic heterocycles. The molecule has 6 nitrogen and oxygen atoms in total. The SMILES string of the molecule is CC/C=C\C/C=C\C/C=C\C/C=C\C/C=C\C/C=C\C/C=C\C/C=C\CCCCCCCCC(=O)OCC(COC(=O)CCCCCCCCC)OC(=O)CCCCCCCC/C=C\C/C=C\C/C=C\C/C=C\C/C=C\C/C=C\CC. The van der Waals surface area contributed by atoms with Crippen molar-refractivity contribution in [2.24, 2.45) is 0 Å². The summed E-state index contributed by atoms with van der Waals surface area (Å²) in [6.45, 7) is 6.34. The number of esters is 3. The molecule has 6 heteroatoms. The maximum Gasteiger partial charge on any atom is 0.306 e. The Morgan fingerprint density at radius 2 is 0.481 bits per heavy atom. The number of hydrogen-bond acceptors (Lipinski definition) is 6. The van der Waals surface area contributed by atoms with Crippen LogP contribution in [-0.2, 0) is 28.6 Å². The van der Waals surface area contributed by atoms with Gasteiger partial charge in [-0.25, -0.2) is 0 Å². The molecule has 0 aliphatic heterocycles. The highest BCUT2D eigenvalue weighted by molar-refractivity contribution is 5.71. The van der Waals surface area contributed by atoms with Gasteiger partial charge >= 0.3 is 17.9 Å². The lowest BCUT2D eigenvalue weighted by atomic mass is 10.1. The number of allylic oxidation sites excluding steroid dienone is 28. The summed E-state index contributed by atoms with van der Waals surface area (Å²) in [7, 11) is 0. The maximum atomic E-state index is 12.9. The Kier molecular flexibility index (Phi) is 62.9. The lowest BCUT2D eigenvalue weighted by Crippen LogP contribution is -2.30. The molecule has 0 aromatic carbocycles. The molecule has 454 valence electrons. The largest absolute Gasteiger partial charge is 0.462 e. The van der Waals surface area contributed by atoms with E-state index in [1.54, 1.807) is 0 Å². The van der Waals surface area contributed by atoms with Crippen molar-refractivity contribution in [3.8, 4) is 0 Å². The molecule has 0 saturated carbocycles. The van der Waals surface area contributed by atoms with E-state index in [0.29, 0.717) is 19.3 Å². The highest BCUT2D eigenvalue weighted by atomic mass is 16.6. The normalized spacial score (nSPS) is 13.3. The molecule has 0 radical (unpaired) electrons. The van der Waals surface area contributed by atoms with E-state index in [0.717, 1.165) is 173 Å². The van der Waals surface area contributed by atoms with E-state index in [4.69, 9.17) is 14.2 Å². The van der Waals surface area contributed by atoms with Crippen LogP contribution >= 0.6 is 0 Å². The Balaban J connectivity index is 4.25. The summed E-state index contributed by atoms with van der Waals surface area (Å²) in [6, 6.07) is 0. The first-order valence-electron chi connectivity index (χ1n) is 32.6. The summed E-state index contributed by atoms with van der Waals surface area (Å²) in [5, 5.41) is 0. The minimum absolute atomic E-state index is 0.0952. The van der Waals surface area contributed by atoms with E-state index in [9.17, 15) is 14.4 Å². The highest BCUT2D eigenvalue weighted by Crippen LogP contribution is 2.14. The zero-order valence-electron chi connectivity index (χ0n) is 52.0. The standard InChI is InChI=1S/C75H118O6/c1-4-7-10-13-16-18-20-22-24-26-28-30-32-34-35-36-37-38-39-41-42-44-46-48-50-52-54-56-59-62-65-68-74(77)80-71-72(70-79-73(76)67-64-61-58-15-12-9-6-3)81-75(78)69-66-63-60-57-55-53-51-49-47-45-43-40-33-31-29-27-25-23-21-19-17-14-11-8-5-2/h7-8,10-11,16-19,22-25,28-31,34-35,37-38,40-43,46-49,72H,4-6,9,12-15,20-21,26-27,32-33,36,39,44-45,50-71H2,1-3H3/b10-7-,11-8-,18-16-,19-17-,24-22-,25-23-,30-28-,31-29-,35-34-,38-37-,42-41-,43-40-,48-46-,49-47-. The highest BCUT2D eigenvalue weighted by Gasteiger charge is 2.19. The van der Waals surface area contributed by atoms with Crippen LogP contribution in [-0.4, -0.2) is 37.2 Å². The Morgan fingerprint density at radius 3 is 0.753 bits per heavy atom. The molecular weight excluding hydrogens is 997 g/mol. The van der Waals surface area contributed by atoms with Crippen molar-refractivity contribution in [1.29, 1.82) is 0 Å². The molecule has 81 heavy (non-hydrogen) atoms. The molecule has 1 unspecified atom stereocenters. The van der Waals surface area contributed by atoms with Gasteiger partial charge in [-0.2, -0.15) is 0 Å². The molecule has 0 fully saturated rings. The van der Waals surface area contributed by atoms with Crippen LogP contribution in [0, 0.1) is 0 Å². The zero-order valence-corrected chi connectivity index (χ0v) is 52.0. The van der Waals surface area contributed by atoms with E-state index in [2.05, 4.69) is 191 Å². The molecule has 0 aliphatic carbocycles. The molecule has 0 saturated heterocycles. The van der Waals surface area contributed by atoms with Gasteiger partial charge in [-0.3, -0.25) is 14.4 Å². The van der Waals surface area contributed by atoms with E-state index in [-0.39, 0.29) is 31.1 Å². The lowest BCUT2D eigenvalue weighted by molar-refractivity contribution is -0.167. The molecule has 0 amide bonds. The Bertz CT molecular complexity index is 1860. The van der Waals surface area contributed by atoms with Gasteiger partial charge in [0, 0.05) is 19.3 Å². The van der Waals surface area contributed by atoms with Gasteiger partial charge in [-0.1, -0.05) is 281 Å². The third kappa shape index (κ3) is 65.5. The molecule has 0 rings (SSSR count). The topological polar surface area (TPSA) is 78.9 Å². The van der Waals surface area contributed by atoms with Gasteiger partial charge in [-0.15, -0.1) is 0 Å². The van der Waals surface area contributed by atoms with Crippen LogP contribution in [0.3, 0.4) is 0 Å². The molecule has 0 aromatic rings. The smallest absolute Gasteiger partial charge is 0.306 e. The van der Waals surface area contributed by atoms with Gasteiger partial charge in [-0.05, 0) is 135 Å². The van der Waals surface area contributed by atoms with E-state index >= 15 is 0 Å². The Hall–Kier alpha value is -5.23. The Labute approximate surface area is 498 Å². The summed E-state index contributed by atoms with van der Waals surface area (Å²) >= 11 is 0. The fourth-order valence-corrected chi connectivity index (χ4v) is 8.40. The van der Waals surface area contributed by atoms with E-state index in [1.807, 2.05) is 0 Å². The molecule has 0 aliphatic rings. The van der Waals surface area contributed by atoms with Crippen molar-refractivity contribution in [3.05, 3.63) is 170 Å². The van der Waals surface area contributed by atoms with Gasteiger partial charge < -0.3 is 14.2 Å². The van der Waals surface area contributed by atoms with Crippen LogP contribution in [0.4, 0.5) is 0 Å². The van der Waals surface area contributed by atoms with E-state index < -0.39 is 6.10 Å². The van der Waals surface area contributed by atoms with Gasteiger partial charge in [0.1, 0.15) is 13.2 Å². The third-order valence-electron chi connectivity index (χ3n) is 13.2. The monoisotopic (exact) mass is 1110 g/mol. The second-order valence-electron chi connectivity index (χ2n) is 20.9. The first-order valence-corrected chi connectivity index (χ1v) is 32.6. The van der Waals surface area contributed by atoms with Crippen LogP contribution in [0.15, 0.2) is 170 Å². The molecule has 0 N–H and O–H groups in total. The second kappa shape index (κ2) is 67.3. The van der Waals surface area contributed by atoms with Gasteiger partial charge in [0.15, 0.2) is 6.10 Å². The van der Waals surface area contributed by atoms with Gasteiger partial charge in [0.25, 0.3) is 0 Å². The molecule has 0 spiro atoms. The fraction of sp³-hybridized carbons (Fsp3) is 0.587. The maximum absolute atomic E-state index is 12.9. The molecular formula is C75H118O6. The zero-order chi connectivity index (χ0) is 58.5. The van der Waals surface area contributed by atoms with Crippen LogP contribution in [0.1, 0.15) is 265 Å². The van der Waals surface area contributed by atoms with Crippen LogP contribution in [0.5, 0.6) is 0 Å². The average molecular weight is 1120 g/mol. The number of carbonyl (C=O) groups is 3. The quantitative estimate of drug-likeness (QED) is 0.0261. The second-order valence-corrected chi connectivity index (χ2v) is 20.9. The first-order chi connectivity index (χ1) is 40.0. The predicted octanol–water partition coefficient (Wildman–Crippen LogP) is 22.7. The minimum Gasteiger partial charge on any atom is -0.462 e. The first kappa shape index (κ1) is 75.8. The van der Waals surface area contributed by atoms with Gasteiger partial charge in [0.2, 0.25) is 0 Å². The molecule has 0 heterocycles. The van der Waals surface area contributed by atoms with Crippen LogP contribution in [0.25, 0.3) is 0 Å². The number of hydrogen-bond donors (Lipinski definition) is 0. The summed E-state index contributed by atoms with van der Waals surface area (Å²) in [6.07, 6.45) is 99.5. The van der Waals surface area contributed by atoms with E-state index in [1.165, 1.54) is 51.4 Å². The molecule has 0 bridgehead atoms. The summed E-state index contributed by atoms with van der Waals surface area (Å²) < 4.78 is 16.8. The van der Waals surface area contributed by atoms with Crippen LogP contribution < -0.4 is 0 Å². The third-order valence-corrected chi connectivity index (χ3v) is 13.2. The molecule has 1 atom stereocenters. The van der Waals surface area contributed by atoms with Gasteiger partial charge in [0.05, 0.1) is 0 Å². The lowest BCUT2D eigenvalue weighted by Gasteiger charge is -2.18. The number of ether oxygens (including phenoxy) is 3.